The van der Waals surface area contributed by atoms with Crippen LogP contribution in [-0.4, -0.2) is 46.1 Å². The molecule has 2 amide bonds. The predicted molar refractivity (Wildman–Crippen MR) is 122 cm³/mol. The zero-order valence-electron chi connectivity index (χ0n) is 15.9. The predicted octanol–water partition coefficient (Wildman–Crippen LogP) is 2.86. The molecule has 0 bridgehead atoms. The van der Waals surface area contributed by atoms with Crippen molar-refractivity contribution in [3.63, 3.8) is 0 Å². The first-order chi connectivity index (χ1) is 14.9. The molecule has 1 aliphatic rings. The Labute approximate surface area is 190 Å². The number of thioether (sulfide) groups is 1. The van der Waals surface area contributed by atoms with Gasteiger partial charge in [-0.05, 0) is 54.1 Å². The van der Waals surface area contributed by atoms with Gasteiger partial charge in [0.1, 0.15) is 11.0 Å². The van der Waals surface area contributed by atoms with E-state index in [1.807, 2.05) is 12.1 Å². The summed E-state index contributed by atoms with van der Waals surface area (Å²) in [7, 11) is 0. The molecular weight excluding hydrogens is 488 g/mol. The van der Waals surface area contributed by atoms with Crippen molar-refractivity contribution >= 4 is 62.5 Å². The van der Waals surface area contributed by atoms with Crippen LogP contribution in [0.5, 0.6) is 5.75 Å². The normalized spacial score (nSPS) is 17.0. The third kappa shape index (κ3) is 7.23. The van der Waals surface area contributed by atoms with E-state index in [1.54, 1.807) is 36.4 Å². The summed E-state index contributed by atoms with van der Waals surface area (Å²) < 4.78 is 5.95. The highest BCUT2D eigenvalue weighted by atomic mass is 79.9. The fourth-order valence-electron chi connectivity index (χ4n) is 2.44. The summed E-state index contributed by atoms with van der Waals surface area (Å²) in [4.78, 5) is 34.8. The number of carbonyl (C=O) groups excluding carboxylic acids is 2. The maximum atomic E-state index is 12.2. The Balaban J connectivity index is 1.50. The number of hydrogen-bond acceptors (Lipinski definition) is 7. The number of carbonyl (C=O) groups is 3. The van der Waals surface area contributed by atoms with E-state index in [0.29, 0.717) is 22.2 Å². The van der Waals surface area contributed by atoms with Crippen molar-refractivity contribution < 1.29 is 24.2 Å². The van der Waals surface area contributed by atoms with Crippen LogP contribution in [0.25, 0.3) is 0 Å². The molecule has 1 saturated heterocycles. The van der Waals surface area contributed by atoms with Crippen LogP contribution < -0.4 is 15.4 Å². The summed E-state index contributed by atoms with van der Waals surface area (Å²) in [6.07, 6.45) is 1.49. The summed E-state index contributed by atoms with van der Waals surface area (Å²) in [6, 6.07) is 13.8. The van der Waals surface area contributed by atoms with Crippen molar-refractivity contribution in [2.24, 2.45) is 10.2 Å². The highest BCUT2D eigenvalue weighted by Crippen LogP contribution is 2.23. The third-order valence-electron chi connectivity index (χ3n) is 3.87. The number of halogens is 1. The monoisotopic (exact) mass is 504 g/mol. The molecule has 1 fully saturated rings. The molecule has 9 nitrogen and oxygen atoms in total. The smallest absolute Gasteiger partial charge is 0.341 e. The number of hydrogen-bond donors (Lipinski definition) is 3. The van der Waals surface area contributed by atoms with Crippen LogP contribution in [0.15, 0.2) is 63.2 Å². The second kappa shape index (κ2) is 10.7. The molecule has 1 heterocycles. The van der Waals surface area contributed by atoms with E-state index in [9.17, 15) is 14.4 Å². The number of carboxylic acid groups (broad SMARTS) is 1. The van der Waals surface area contributed by atoms with E-state index in [4.69, 9.17) is 9.84 Å². The minimum atomic E-state index is -1.05. The highest BCUT2D eigenvalue weighted by Gasteiger charge is 2.32. The molecule has 3 rings (SSSR count). The summed E-state index contributed by atoms with van der Waals surface area (Å²) in [5.74, 6) is -1.20. The minimum Gasteiger partial charge on any atom is -0.482 e. The van der Waals surface area contributed by atoms with Gasteiger partial charge in [0.2, 0.25) is 11.8 Å². The minimum absolute atomic E-state index is 0.00705. The summed E-state index contributed by atoms with van der Waals surface area (Å²) in [6.45, 7) is -0.416. The van der Waals surface area contributed by atoms with Crippen LogP contribution in [0.4, 0.5) is 5.69 Å². The number of nitrogens with one attached hydrogen (secondary N) is 2. The Morgan fingerprint density at radius 2 is 1.90 bits per heavy atom. The zero-order chi connectivity index (χ0) is 22.2. The molecule has 1 unspecified atom stereocenters. The lowest BCUT2D eigenvalue weighted by Crippen LogP contribution is -2.28. The van der Waals surface area contributed by atoms with E-state index in [-0.39, 0.29) is 18.2 Å². The van der Waals surface area contributed by atoms with Crippen molar-refractivity contribution in [3.8, 4) is 5.75 Å². The van der Waals surface area contributed by atoms with Crippen molar-refractivity contribution in [2.75, 3.05) is 11.9 Å². The fourth-order valence-corrected chi connectivity index (χ4v) is 3.63. The number of anilines is 1. The van der Waals surface area contributed by atoms with Gasteiger partial charge in [0.15, 0.2) is 11.8 Å². The Morgan fingerprint density at radius 1 is 1.19 bits per heavy atom. The number of benzene rings is 2. The first-order valence-electron chi connectivity index (χ1n) is 8.97. The third-order valence-corrected chi connectivity index (χ3v) is 5.47. The number of rotatable bonds is 8. The van der Waals surface area contributed by atoms with Gasteiger partial charge in [-0.1, -0.05) is 27.7 Å². The topological polar surface area (TPSA) is 129 Å². The number of amides is 2. The van der Waals surface area contributed by atoms with Crippen LogP contribution in [0.2, 0.25) is 0 Å². The van der Waals surface area contributed by atoms with Gasteiger partial charge in [-0.3, -0.25) is 9.59 Å². The Morgan fingerprint density at radius 3 is 2.58 bits per heavy atom. The van der Waals surface area contributed by atoms with Crippen LogP contribution in [0, 0.1) is 0 Å². The molecule has 0 aliphatic carbocycles. The average molecular weight is 505 g/mol. The lowest BCUT2D eigenvalue weighted by Gasteiger charge is -2.07. The highest BCUT2D eigenvalue weighted by molar-refractivity contribution is 9.10. The van der Waals surface area contributed by atoms with Gasteiger partial charge in [-0.25, -0.2) is 4.79 Å². The fraction of sp³-hybridized carbons (Fsp3) is 0.150. The SMILES string of the molecule is O=C(O)COc1ccc(/C=N/N=C2\NC(=O)C(CC(=O)Nc3ccc(Br)cc3)S2)cc1. The number of nitrogens with zero attached hydrogens (tertiary/aromatic N) is 2. The van der Waals surface area contributed by atoms with Gasteiger partial charge in [0.05, 0.1) is 6.21 Å². The van der Waals surface area contributed by atoms with Crippen molar-refractivity contribution in [1.82, 2.24) is 5.32 Å². The molecule has 0 aromatic heterocycles. The van der Waals surface area contributed by atoms with Crippen LogP contribution >= 0.6 is 27.7 Å². The molecule has 0 radical (unpaired) electrons. The molecular formula is C20H17BrN4O5S. The molecule has 3 N–H and O–H groups in total. The maximum Gasteiger partial charge on any atom is 0.341 e. The van der Waals surface area contributed by atoms with E-state index >= 15 is 0 Å². The van der Waals surface area contributed by atoms with Gasteiger partial charge in [0.25, 0.3) is 0 Å². The Kier molecular flexibility index (Phi) is 7.79. The molecule has 160 valence electrons. The lowest BCUT2D eigenvalue weighted by molar-refractivity contribution is -0.139. The maximum absolute atomic E-state index is 12.2. The van der Waals surface area contributed by atoms with Crippen LogP contribution in [0.1, 0.15) is 12.0 Å². The van der Waals surface area contributed by atoms with Crippen molar-refractivity contribution in [2.45, 2.75) is 11.7 Å². The number of amidine groups is 1. The molecule has 0 saturated carbocycles. The molecule has 2 aromatic rings. The standard InChI is InChI=1S/C20H17BrN4O5S/c21-13-3-5-14(6-4-13)23-17(26)9-16-19(29)24-20(31-16)25-22-10-12-1-7-15(8-2-12)30-11-18(27)28/h1-8,10,16H,9,11H2,(H,23,26)(H,27,28)(H,24,25,29)/b22-10+. The van der Waals surface area contributed by atoms with Crippen LogP contribution in [-0.2, 0) is 14.4 Å². The largest absolute Gasteiger partial charge is 0.482 e. The zero-order valence-corrected chi connectivity index (χ0v) is 18.4. The van der Waals surface area contributed by atoms with Crippen LogP contribution in [0.3, 0.4) is 0 Å². The summed E-state index contributed by atoms with van der Waals surface area (Å²) >= 11 is 4.47. The van der Waals surface area contributed by atoms with Crippen molar-refractivity contribution in [1.29, 1.82) is 0 Å². The number of aliphatic carboxylic acids is 1. The second-order valence-corrected chi connectivity index (χ2v) is 8.36. The second-order valence-electron chi connectivity index (χ2n) is 6.26. The first-order valence-corrected chi connectivity index (χ1v) is 10.6. The van der Waals surface area contributed by atoms with E-state index in [0.717, 1.165) is 16.2 Å². The van der Waals surface area contributed by atoms with Crippen molar-refractivity contribution in [3.05, 3.63) is 58.6 Å². The average Bonchev–Trinajstić information content (AvgIpc) is 3.08. The van der Waals surface area contributed by atoms with Gasteiger partial charge in [0, 0.05) is 16.6 Å². The van der Waals surface area contributed by atoms with E-state index < -0.39 is 17.8 Å². The van der Waals surface area contributed by atoms with Gasteiger partial charge in [-0.15, -0.1) is 5.10 Å². The number of ether oxygens (including phenoxy) is 1. The van der Waals surface area contributed by atoms with Gasteiger partial charge < -0.3 is 20.5 Å². The molecule has 1 aliphatic heterocycles. The first kappa shape index (κ1) is 22.5. The summed E-state index contributed by atoms with van der Waals surface area (Å²) in [5.41, 5.74) is 1.36. The molecule has 2 aromatic carbocycles. The Hall–Kier alpha value is -3.18. The lowest BCUT2D eigenvalue weighted by atomic mass is 10.2. The molecule has 31 heavy (non-hydrogen) atoms. The molecule has 0 spiro atoms. The summed E-state index contributed by atoms with van der Waals surface area (Å²) in [5, 5.41) is 21.6. The molecule has 11 heteroatoms. The van der Waals surface area contributed by atoms with Gasteiger partial charge >= 0.3 is 5.97 Å². The van der Waals surface area contributed by atoms with Gasteiger partial charge in [-0.2, -0.15) is 5.10 Å². The quantitative estimate of drug-likeness (QED) is 0.374. The number of carboxylic acids is 1. The molecule has 1 atom stereocenters. The Bertz CT molecular complexity index is 1020. The van der Waals surface area contributed by atoms with E-state index in [2.05, 4.69) is 36.8 Å². The van der Waals surface area contributed by atoms with E-state index in [1.165, 1.54) is 6.21 Å².